The molecule has 0 saturated carbocycles. The SMILES string of the molecule is FC(F)(F)F.NC(C(=O)O)C(O)CC/C=C/CCCCF. The minimum atomic E-state index is -5.50. The molecule has 0 aliphatic carbocycles. The molecule has 21 heavy (non-hydrogen) atoms. The second-order valence-electron chi connectivity index (χ2n) is 4.09. The Kier molecular flexibility index (Phi) is 13.2. The maximum atomic E-state index is 11.7. The van der Waals surface area contributed by atoms with Gasteiger partial charge in [-0.2, -0.15) is 0 Å². The molecule has 0 aromatic heterocycles. The predicted molar refractivity (Wildman–Crippen MR) is 67.0 cm³/mol. The Bertz CT molecular complexity index is 291. The molecule has 4 nitrogen and oxygen atoms in total. The summed E-state index contributed by atoms with van der Waals surface area (Å²) in [5, 5.41) is 17.9. The highest BCUT2D eigenvalue weighted by Crippen LogP contribution is 2.13. The average Bonchev–Trinajstić information content (AvgIpc) is 2.34. The van der Waals surface area contributed by atoms with Crippen molar-refractivity contribution >= 4 is 5.97 Å². The number of carbonyl (C=O) groups is 1. The lowest BCUT2D eigenvalue weighted by molar-refractivity contribution is -0.237. The van der Waals surface area contributed by atoms with Crippen molar-refractivity contribution in [3.05, 3.63) is 12.2 Å². The van der Waals surface area contributed by atoms with Crippen LogP contribution >= 0.6 is 0 Å². The molecule has 2 unspecified atom stereocenters. The van der Waals surface area contributed by atoms with Gasteiger partial charge in [0.05, 0.1) is 12.8 Å². The topological polar surface area (TPSA) is 83.6 Å². The lowest BCUT2D eigenvalue weighted by Crippen LogP contribution is -2.41. The molecular formula is C12H20F5NO3. The molecule has 0 saturated heterocycles. The van der Waals surface area contributed by atoms with Crippen LogP contribution in [0, 0.1) is 0 Å². The highest BCUT2D eigenvalue weighted by atomic mass is 19.5. The van der Waals surface area contributed by atoms with E-state index in [2.05, 4.69) is 0 Å². The van der Waals surface area contributed by atoms with Gasteiger partial charge in [-0.1, -0.05) is 12.2 Å². The second-order valence-corrected chi connectivity index (χ2v) is 4.09. The van der Waals surface area contributed by atoms with Gasteiger partial charge < -0.3 is 15.9 Å². The summed E-state index contributed by atoms with van der Waals surface area (Å²) in [6.45, 7) is -0.292. The molecule has 0 aromatic carbocycles. The lowest BCUT2D eigenvalue weighted by Gasteiger charge is -2.13. The maximum absolute atomic E-state index is 11.7. The fourth-order valence-electron chi connectivity index (χ4n) is 1.20. The third-order valence-corrected chi connectivity index (χ3v) is 2.25. The van der Waals surface area contributed by atoms with E-state index in [1.54, 1.807) is 0 Å². The molecule has 0 fully saturated rings. The standard InChI is InChI=1S/C11H20FNO3.CF4/c12-8-6-4-2-1-3-5-7-9(14)10(13)11(15)16;2-1(3,4)5/h1,3,9-10,14H,2,4-8,13H2,(H,15,16);/b3-1+;. The average molecular weight is 321 g/mol. The van der Waals surface area contributed by atoms with E-state index in [9.17, 15) is 31.9 Å². The zero-order chi connectivity index (χ0) is 16.9. The van der Waals surface area contributed by atoms with Crippen LogP contribution in [0.5, 0.6) is 0 Å². The van der Waals surface area contributed by atoms with Crippen molar-refractivity contribution in [2.45, 2.75) is 50.7 Å². The first kappa shape index (κ1) is 22.1. The number of carboxylic acids is 1. The van der Waals surface area contributed by atoms with Crippen molar-refractivity contribution in [1.82, 2.24) is 0 Å². The van der Waals surface area contributed by atoms with Crippen LogP contribution in [-0.4, -0.2) is 41.4 Å². The summed E-state index contributed by atoms with van der Waals surface area (Å²) < 4.78 is 50.5. The van der Waals surface area contributed by atoms with Crippen LogP contribution in [0.25, 0.3) is 0 Å². The monoisotopic (exact) mass is 321 g/mol. The molecule has 0 spiro atoms. The van der Waals surface area contributed by atoms with Gasteiger partial charge in [-0.15, -0.1) is 17.6 Å². The fourth-order valence-corrected chi connectivity index (χ4v) is 1.20. The quantitative estimate of drug-likeness (QED) is 0.346. The van der Waals surface area contributed by atoms with Gasteiger partial charge in [0.1, 0.15) is 6.04 Å². The number of aliphatic carboxylic acids is 1. The lowest BCUT2D eigenvalue weighted by atomic mass is 10.1. The molecule has 0 bridgehead atoms. The normalized spacial score (nSPS) is 14.4. The van der Waals surface area contributed by atoms with E-state index in [0.717, 1.165) is 12.8 Å². The number of nitrogens with two attached hydrogens (primary N) is 1. The first-order valence-electron chi connectivity index (χ1n) is 6.22. The Balaban J connectivity index is 0. The summed E-state index contributed by atoms with van der Waals surface area (Å²) in [6, 6.07) is -1.22. The van der Waals surface area contributed by atoms with Gasteiger partial charge in [0, 0.05) is 0 Å². The van der Waals surface area contributed by atoms with Gasteiger partial charge in [0.2, 0.25) is 0 Å². The van der Waals surface area contributed by atoms with Crippen LogP contribution in [0.15, 0.2) is 12.2 Å². The van der Waals surface area contributed by atoms with Crippen molar-refractivity contribution in [2.75, 3.05) is 6.67 Å². The van der Waals surface area contributed by atoms with Crippen molar-refractivity contribution in [3.63, 3.8) is 0 Å². The molecule has 9 heteroatoms. The first-order valence-corrected chi connectivity index (χ1v) is 6.22. The largest absolute Gasteiger partial charge is 0.559 e. The van der Waals surface area contributed by atoms with E-state index >= 15 is 0 Å². The Morgan fingerprint density at radius 3 is 2.05 bits per heavy atom. The third kappa shape index (κ3) is 21.2. The van der Waals surface area contributed by atoms with Crippen molar-refractivity contribution < 1.29 is 37.0 Å². The summed E-state index contributed by atoms with van der Waals surface area (Å²) in [5.74, 6) is -1.19. The van der Waals surface area contributed by atoms with Gasteiger partial charge in [0.25, 0.3) is 0 Å². The Labute approximate surface area is 119 Å². The van der Waals surface area contributed by atoms with Crippen LogP contribution in [0.4, 0.5) is 22.0 Å². The number of hydrogen-bond acceptors (Lipinski definition) is 3. The summed E-state index contributed by atoms with van der Waals surface area (Å²) >= 11 is 0. The number of aliphatic hydroxyl groups is 1. The van der Waals surface area contributed by atoms with E-state index in [-0.39, 0.29) is 6.67 Å². The van der Waals surface area contributed by atoms with Crippen LogP contribution < -0.4 is 5.73 Å². The molecule has 0 amide bonds. The second kappa shape index (κ2) is 12.5. The van der Waals surface area contributed by atoms with Gasteiger partial charge in [-0.25, -0.2) is 0 Å². The third-order valence-electron chi connectivity index (χ3n) is 2.25. The number of unbranched alkanes of at least 4 members (excludes halogenated alkanes) is 2. The number of carboxylic acid groups (broad SMARTS) is 1. The molecule has 0 aliphatic rings. The van der Waals surface area contributed by atoms with Gasteiger partial charge in [-0.3, -0.25) is 9.18 Å². The number of alkyl halides is 5. The summed E-state index contributed by atoms with van der Waals surface area (Å²) in [5.41, 5.74) is 5.23. The molecule has 0 rings (SSSR count). The van der Waals surface area contributed by atoms with Crippen molar-refractivity contribution in [2.24, 2.45) is 5.73 Å². The van der Waals surface area contributed by atoms with Gasteiger partial charge in [-0.05, 0) is 32.1 Å². The number of rotatable bonds is 9. The van der Waals surface area contributed by atoms with E-state index in [1.807, 2.05) is 12.2 Å². The minimum Gasteiger partial charge on any atom is -0.480 e. The Morgan fingerprint density at radius 2 is 1.62 bits per heavy atom. The fraction of sp³-hybridized carbons (Fsp3) is 0.750. The number of aliphatic hydroxyl groups excluding tert-OH is 1. The van der Waals surface area contributed by atoms with E-state index in [1.165, 1.54) is 0 Å². The molecule has 0 aliphatic heterocycles. The highest BCUT2D eigenvalue weighted by molar-refractivity contribution is 5.73. The van der Waals surface area contributed by atoms with Crippen molar-refractivity contribution in [3.8, 4) is 0 Å². The summed E-state index contributed by atoms with van der Waals surface area (Å²) in [7, 11) is 0. The Hall–Kier alpha value is -1.22. The van der Waals surface area contributed by atoms with Crippen LogP contribution in [-0.2, 0) is 4.79 Å². The molecule has 4 N–H and O–H groups in total. The molecule has 0 heterocycles. The zero-order valence-electron chi connectivity index (χ0n) is 11.3. The molecule has 0 radical (unpaired) electrons. The van der Waals surface area contributed by atoms with Crippen LogP contribution in [0.1, 0.15) is 32.1 Å². The minimum absolute atomic E-state index is 0.292. The predicted octanol–water partition coefficient (Wildman–Crippen LogP) is 2.71. The molecular weight excluding hydrogens is 301 g/mol. The van der Waals surface area contributed by atoms with Gasteiger partial charge in [0.15, 0.2) is 0 Å². The number of halogens is 5. The van der Waals surface area contributed by atoms with E-state index in [0.29, 0.717) is 19.3 Å². The highest BCUT2D eigenvalue weighted by Gasteiger charge is 2.24. The Morgan fingerprint density at radius 1 is 1.14 bits per heavy atom. The number of allylic oxidation sites excluding steroid dienone is 2. The molecule has 126 valence electrons. The van der Waals surface area contributed by atoms with Crippen molar-refractivity contribution in [1.29, 1.82) is 0 Å². The van der Waals surface area contributed by atoms with Gasteiger partial charge >= 0.3 is 12.4 Å². The van der Waals surface area contributed by atoms with E-state index in [4.69, 9.17) is 10.8 Å². The summed E-state index contributed by atoms with van der Waals surface area (Å²) in [4.78, 5) is 10.4. The van der Waals surface area contributed by atoms with Crippen LogP contribution in [0.2, 0.25) is 0 Å². The van der Waals surface area contributed by atoms with E-state index < -0.39 is 24.5 Å². The molecule has 2 atom stereocenters. The molecule has 0 aromatic rings. The first-order chi connectivity index (χ1) is 9.59. The zero-order valence-corrected chi connectivity index (χ0v) is 11.3. The maximum Gasteiger partial charge on any atom is 0.559 e. The summed E-state index contributed by atoms with van der Waals surface area (Å²) in [6.07, 6.45) is 0.342. The smallest absolute Gasteiger partial charge is 0.480 e. The number of hydrogen-bond donors (Lipinski definition) is 3. The van der Waals surface area contributed by atoms with Crippen LogP contribution in [0.3, 0.4) is 0 Å².